The highest BCUT2D eigenvalue weighted by atomic mass is 32.1. The fourth-order valence-corrected chi connectivity index (χ4v) is 5.40. The smallest absolute Gasteiger partial charge is 0.261 e. The van der Waals surface area contributed by atoms with Crippen LogP contribution < -0.4 is 15.5 Å². The van der Waals surface area contributed by atoms with Gasteiger partial charge in [-0.15, -0.1) is 22.7 Å². The van der Waals surface area contributed by atoms with Gasteiger partial charge in [0.25, 0.3) is 5.91 Å². The number of carbonyl (C=O) groups excluding carboxylic acids is 3. The maximum atomic E-state index is 13.6. The van der Waals surface area contributed by atoms with Crippen molar-refractivity contribution >= 4 is 46.1 Å². The molecule has 0 radical (unpaired) electrons. The Labute approximate surface area is 199 Å². The lowest BCUT2D eigenvalue weighted by Crippen LogP contribution is -2.48. The van der Waals surface area contributed by atoms with Crippen molar-refractivity contribution in [2.75, 3.05) is 11.4 Å². The second-order valence-electron chi connectivity index (χ2n) is 7.81. The summed E-state index contributed by atoms with van der Waals surface area (Å²) in [7, 11) is 0. The van der Waals surface area contributed by atoms with Gasteiger partial charge in [-0.05, 0) is 60.0 Å². The lowest BCUT2D eigenvalue weighted by molar-refractivity contribution is -0.126. The van der Waals surface area contributed by atoms with Crippen LogP contribution in [0.4, 0.5) is 10.1 Å². The first-order valence-corrected chi connectivity index (χ1v) is 12.5. The number of rotatable bonds is 8. The van der Waals surface area contributed by atoms with Gasteiger partial charge in [0.1, 0.15) is 11.9 Å². The first kappa shape index (κ1) is 23.1. The number of carbonyl (C=O) groups is 3. The van der Waals surface area contributed by atoms with Crippen LogP contribution in [-0.2, 0) is 9.59 Å². The number of nitrogens with zero attached hydrogens (tertiary/aromatic N) is 1. The molecule has 6 nitrogen and oxygen atoms in total. The summed E-state index contributed by atoms with van der Waals surface area (Å²) in [5.41, 5.74) is 0.381. The van der Waals surface area contributed by atoms with Crippen molar-refractivity contribution in [2.45, 2.75) is 37.8 Å². The lowest BCUT2D eigenvalue weighted by Gasteiger charge is -2.31. The molecule has 3 amide bonds. The molecule has 1 atom stereocenters. The molecule has 1 aliphatic carbocycles. The van der Waals surface area contributed by atoms with Crippen LogP contribution in [0.15, 0.2) is 59.3 Å². The quantitative estimate of drug-likeness (QED) is 0.493. The minimum atomic E-state index is -0.929. The van der Waals surface area contributed by atoms with Gasteiger partial charge in [-0.3, -0.25) is 19.3 Å². The molecule has 3 aromatic rings. The second kappa shape index (κ2) is 10.7. The van der Waals surface area contributed by atoms with Gasteiger partial charge in [0.15, 0.2) is 0 Å². The first-order chi connectivity index (χ1) is 16.0. The minimum absolute atomic E-state index is 0.0728. The fraction of sp³-hybridized carbons (Fsp3) is 0.292. The van der Waals surface area contributed by atoms with Crippen LogP contribution in [0.3, 0.4) is 0 Å². The van der Waals surface area contributed by atoms with Gasteiger partial charge >= 0.3 is 0 Å². The van der Waals surface area contributed by atoms with Gasteiger partial charge in [0.05, 0.1) is 11.4 Å². The highest BCUT2D eigenvalue weighted by Gasteiger charge is 2.35. The van der Waals surface area contributed by atoms with E-state index in [1.165, 1.54) is 51.8 Å². The number of hydrogen-bond acceptors (Lipinski definition) is 5. The molecule has 172 valence electrons. The molecule has 33 heavy (non-hydrogen) atoms. The molecule has 2 heterocycles. The van der Waals surface area contributed by atoms with Crippen LogP contribution in [0, 0.1) is 5.82 Å². The number of hydrogen-bond donors (Lipinski definition) is 2. The van der Waals surface area contributed by atoms with Crippen LogP contribution in [0.1, 0.15) is 46.3 Å². The molecule has 0 saturated heterocycles. The number of benzene rings is 1. The molecule has 1 aliphatic rings. The zero-order valence-electron chi connectivity index (χ0n) is 17.8. The maximum absolute atomic E-state index is 13.6. The van der Waals surface area contributed by atoms with Crippen LogP contribution >= 0.6 is 22.7 Å². The SMILES string of the molecule is O=C(NCC(=O)N(c1ccc(F)cc1)[C@H](C(=O)NC1CCCC1)c1cccs1)c1cccs1. The van der Waals surface area contributed by atoms with Crippen molar-refractivity contribution in [2.24, 2.45) is 0 Å². The Morgan fingerprint density at radius 2 is 1.70 bits per heavy atom. The Kier molecular flexibility index (Phi) is 7.51. The summed E-state index contributed by atoms with van der Waals surface area (Å²) in [4.78, 5) is 41.8. The van der Waals surface area contributed by atoms with Gasteiger partial charge in [0.2, 0.25) is 11.8 Å². The molecule has 2 aromatic heterocycles. The normalized spacial score (nSPS) is 14.6. The number of amides is 3. The van der Waals surface area contributed by atoms with Gasteiger partial charge in [-0.2, -0.15) is 0 Å². The van der Waals surface area contributed by atoms with Gasteiger partial charge in [-0.1, -0.05) is 25.0 Å². The average Bonchev–Trinajstić information content (AvgIpc) is 3.60. The zero-order chi connectivity index (χ0) is 23.2. The van der Waals surface area contributed by atoms with Crippen molar-refractivity contribution in [3.8, 4) is 0 Å². The van der Waals surface area contributed by atoms with Gasteiger partial charge in [-0.25, -0.2) is 4.39 Å². The summed E-state index contributed by atoms with van der Waals surface area (Å²) < 4.78 is 13.6. The molecule has 0 spiro atoms. The van der Waals surface area contributed by atoms with E-state index in [-0.39, 0.29) is 24.4 Å². The fourth-order valence-electron chi connectivity index (χ4n) is 3.95. The molecule has 0 aliphatic heterocycles. The summed E-state index contributed by atoms with van der Waals surface area (Å²) in [6, 6.07) is 11.6. The Morgan fingerprint density at radius 1 is 1.00 bits per heavy atom. The Balaban J connectivity index is 1.63. The Hall–Kier alpha value is -3.04. The third-order valence-electron chi connectivity index (χ3n) is 5.54. The van der Waals surface area contributed by atoms with E-state index in [0.717, 1.165) is 25.7 Å². The van der Waals surface area contributed by atoms with E-state index >= 15 is 0 Å². The van der Waals surface area contributed by atoms with E-state index in [0.29, 0.717) is 15.4 Å². The lowest BCUT2D eigenvalue weighted by atomic mass is 10.1. The molecule has 0 bridgehead atoms. The standard InChI is InChI=1S/C24H24FN3O3S2/c25-16-9-11-18(12-10-16)28(21(29)15-26-23(30)20-8-4-14-33-20)22(19-7-3-13-32-19)24(31)27-17-5-1-2-6-17/h3-4,7-14,17,22H,1-2,5-6,15H2,(H,26,30)(H,27,31)/t22-/m0/s1. The molecule has 9 heteroatoms. The third-order valence-corrected chi connectivity index (χ3v) is 7.33. The molecule has 1 fully saturated rings. The zero-order valence-corrected chi connectivity index (χ0v) is 19.5. The Morgan fingerprint density at radius 3 is 2.33 bits per heavy atom. The van der Waals surface area contributed by atoms with E-state index in [2.05, 4.69) is 10.6 Å². The van der Waals surface area contributed by atoms with Crippen LogP contribution in [-0.4, -0.2) is 30.3 Å². The predicted molar refractivity (Wildman–Crippen MR) is 128 cm³/mol. The number of nitrogens with one attached hydrogen (secondary N) is 2. The molecule has 1 aromatic carbocycles. The number of anilines is 1. The van der Waals surface area contributed by atoms with Crippen molar-refractivity contribution in [1.82, 2.24) is 10.6 Å². The highest BCUT2D eigenvalue weighted by Crippen LogP contribution is 2.31. The molecular formula is C24H24FN3O3S2. The van der Waals surface area contributed by atoms with E-state index < -0.39 is 17.8 Å². The number of halogens is 1. The monoisotopic (exact) mass is 485 g/mol. The summed E-state index contributed by atoms with van der Waals surface area (Å²) in [6.45, 7) is -0.299. The molecule has 2 N–H and O–H groups in total. The molecular weight excluding hydrogens is 461 g/mol. The summed E-state index contributed by atoms with van der Waals surface area (Å²) in [5, 5.41) is 9.35. The summed E-state index contributed by atoms with van der Waals surface area (Å²) >= 11 is 2.64. The molecule has 4 rings (SSSR count). The predicted octanol–water partition coefficient (Wildman–Crippen LogP) is 4.51. The second-order valence-corrected chi connectivity index (χ2v) is 9.74. The van der Waals surface area contributed by atoms with Crippen molar-refractivity contribution in [3.05, 3.63) is 74.9 Å². The van der Waals surface area contributed by atoms with Crippen LogP contribution in [0.5, 0.6) is 0 Å². The summed E-state index contributed by atoms with van der Waals surface area (Å²) in [6.07, 6.45) is 3.93. The third kappa shape index (κ3) is 5.66. The Bertz CT molecular complexity index is 1080. The maximum Gasteiger partial charge on any atom is 0.261 e. The van der Waals surface area contributed by atoms with Gasteiger partial charge < -0.3 is 10.6 Å². The van der Waals surface area contributed by atoms with E-state index in [1.807, 2.05) is 11.4 Å². The summed E-state index contributed by atoms with van der Waals surface area (Å²) in [5.74, 6) is -1.56. The van der Waals surface area contributed by atoms with E-state index in [1.54, 1.807) is 23.6 Å². The van der Waals surface area contributed by atoms with Crippen LogP contribution in [0.2, 0.25) is 0 Å². The molecule has 0 unspecified atom stereocenters. The van der Waals surface area contributed by atoms with Crippen molar-refractivity contribution in [3.63, 3.8) is 0 Å². The van der Waals surface area contributed by atoms with Crippen molar-refractivity contribution in [1.29, 1.82) is 0 Å². The largest absolute Gasteiger partial charge is 0.351 e. The topological polar surface area (TPSA) is 78.5 Å². The van der Waals surface area contributed by atoms with Crippen molar-refractivity contribution < 1.29 is 18.8 Å². The van der Waals surface area contributed by atoms with Crippen LogP contribution in [0.25, 0.3) is 0 Å². The van der Waals surface area contributed by atoms with E-state index in [9.17, 15) is 18.8 Å². The molecule has 1 saturated carbocycles. The number of thiophene rings is 2. The van der Waals surface area contributed by atoms with Gasteiger partial charge in [0, 0.05) is 16.6 Å². The van der Waals surface area contributed by atoms with E-state index in [4.69, 9.17) is 0 Å². The average molecular weight is 486 g/mol. The first-order valence-electron chi connectivity index (χ1n) is 10.8. The highest BCUT2D eigenvalue weighted by molar-refractivity contribution is 7.12. The minimum Gasteiger partial charge on any atom is -0.351 e.